The van der Waals surface area contributed by atoms with Gasteiger partial charge in [0.05, 0.1) is 12.2 Å². The van der Waals surface area contributed by atoms with E-state index in [2.05, 4.69) is 11.0 Å². The summed E-state index contributed by atoms with van der Waals surface area (Å²) in [5.41, 5.74) is 7.54. The highest BCUT2D eigenvalue weighted by atomic mass is 16.2. The van der Waals surface area contributed by atoms with Crippen molar-refractivity contribution in [3.8, 4) is 18.0 Å². The van der Waals surface area contributed by atoms with E-state index in [9.17, 15) is 4.79 Å². The highest BCUT2D eigenvalue weighted by Gasteiger charge is 2.16. The lowest BCUT2D eigenvalue weighted by Crippen LogP contribution is -2.31. The number of hydrogen-bond donors (Lipinski definition) is 1. The number of carbonyl (C=O) groups excluding carboxylic acids is 1. The number of aromatic nitrogens is 2. The van der Waals surface area contributed by atoms with Gasteiger partial charge in [0.15, 0.2) is 5.69 Å². The Balaban J connectivity index is 2.22. The van der Waals surface area contributed by atoms with Crippen molar-refractivity contribution in [3.63, 3.8) is 0 Å². The predicted molar refractivity (Wildman–Crippen MR) is 78.4 cm³/mol. The molecule has 20 heavy (non-hydrogen) atoms. The molecular weight excluding hydrogens is 252 g/mol. The standard InChI is InChI=1S/C15H16N4O/c1-3-10-18(4-2)15(20)14-9-11-19(17-14)13-7-5-12(16)6-8-13/h1,5-9,11H,4,10,16H2,2H3. The van der Waals surface area contributed by atoms with Crippen molar-refractivity contribution in [1.82, 2.24) is 14.7 Å². The number of terminal acetylenes is 1. The Hall–Kier alpha value is -2.74. The van der Waals surface area contributed by atoms with E-state index in [1.807, 2.05) is 19.1 Å². The maximum atomic E-state index is 12.2. The van der Waals surface area contributed by atoms with E-state index in [1.54, 1.807) is 34.0 Å². The first-order valence-corrected chi connectivity index (χ1v) is 6.30. The Bertz CT molecular complexity index is 637. The summed E-state index contributed by atoms with van der Waals surface area (Å²) in [5, 5.41) is 4.28. The number of hydrogen-bond acceptors (Lipinski definition) is 3. The number of nitrogen functional groups attached to an aromatic ring is 1. The van der Waals surface area contributed by atoms with Gasteiger partial charge >= 0.3 is 0 Å². The molecule has 0 radical (unpaired) electrons. The van der Waals surface area contributed by atoms with Crippen LogP contribution < -0.4 is 5.73 Å². The van der Waals surface area contributed by atoms with Gasteiger partial charge in [0.25, 0.3) is 5.91 Å². The normalized spacial score (nSPS) is 10.0. The molecule has 0 saturated heterocycles. The van der Waals surface area contributed by atoms with Gasteiger partial charge in [-0.3, -0.25) is 4.79 Å². The number of amides is 1. The fourth-order valence-electron chi connectivity index (χ4n) is 1.81. The highest BCUT2D eigenvalue weighted by molar-refractivity contribution is 5.92. The maximum Gasteiger partial charge on any atom is 0.275 e. The summed E-state index contributed by atoms with van der Waals surface area (Å²) in [6, 6.07) is 8.94. The number of nitrogens with two attached hydrogens (primary N) is 1. The number of anilines is 1. The molecule has 0 spiro atoms. The van der Waals surface area contributed by atoms with Gasteiger partial charge in [-0.1, -0.05) is 5.92 Å². The molecule has 102 valence electrons. The molecule has 1 aromatic carbocycles. The Morgan fingerprint density at radius 1 is 1.40 bits per heavy atom. The highest BCUT2D eigenvalue weighted by Crippen LogP contribution is 2.11. The Morgan fingerprint density at radius 3 is 2.70 bits per heavy atom. The second kappa shape index (κ2) is 5.93. The predicted octanol–water partition coefficient (Wildman–Crippen LogP) is 1.55. The number of benzene rings is 1. The first-order chi connectivity index (χ1) is 9.65. The molecule has 1 amide bonds. The van der Waals surface area contributed by atoms with Gasteiger partial charge in [0, 0.05) is 18.4 Å². The summed E-state index contributed by atoms with van der Waals surface area (Å²) < 4.78 is 1.64. The van der Waals surface area contributed by atoms with Crippen LogP contribution in [0.1, 0.15) is 17.4 Å². The summed E-state index contributed by atoms with van der Waals surface area (Å²) in [5.74, 6) is 2.30. The molecule has 0 aliphatic heterocycles. The SMILES string of the molecule is C#CCN(CC)C(=O)c1ccn(-c2ccc(N)cc2)n1. The van der Waals surface area contributed by atoms with Crippen LogP contribution in [0.4, 0.5) is 5.69 Å². The lowest BCUT2D eigenvalue weighted by atomic mass is 10.3. The monoisotopic (exact) mass is 268 g/mol. The average Bonchev–Trinajstić information content (AvgIpc) is 2.94. The van der Waals surface area contributed by atoms with Gasteiger partial charge in [0.1, 0.15) is 0 Å². The Labute approximate surface area is 118 Å². The van der Waals surface area contributed by atoms with E-state index >= 15 is 0 Å². The molecular formula is C15H16N4O. The van der Waals surface area contributed by atoms with E-state index in [1.165, 1.54) is 0 Å². The third-order valence-corrected chi connectivity index (χ3v) is 2.92. The largest absolute Gasteiger partial charge is 0.399 e. The topological polar surface area (TPSA) is 64.2 Å². The minimum atomic E-state index is -0.167. The van der Waals surface area contributed by atoms with Crippen LogP contribution in [-0.2, 0) is 0 Å². The summed E-state index contributed by atoms with van der Waals surface area (Å²) in [6.45, 7) is 2.72. The van der Waals surface area contributed by atoms with E-state index < -0.39 is 0 Å². The van der Waals surface area contributed by atoms with E-state index in [0.717, 1.165) is 5.69 Å². The molecule has 0 saturated carbocycles. The fourth-order valence-corrected chi connectivity index (χ4v) is 1.81. The van der Waals surface area contributed by atoms with Crippen molar-refractivity contribution < 1.29 is 4.79 Å². The van der Waals surface area contributed by atoms with Gasteiger partial charge in [-0.15, -0.1) is 6.42 Å². The Kier molecular flexibility index (Phi) is 4.06. The first kappa shape index (κ1) is 13.7. The van der Waals surface area contributed by atoms with Gasteiger partial charge in [-0.25, -0.2) is 4.68 Å². The number of nitrogens with zero attached hydrogens (tertiary/aromatic N) is 3. The van der Waals surface area contributed by atoms with Crippen LogP contribution in [-0.4, -0.2) is 33.7 Å². The zero-order valence-corrected chi connectivity index (χ0v) is 11.3. The molecule has 0 atom stereocenters. The van der Waals surface area contributed by atoms with Gasteiger partial charge in [-0.2, -0.15) is 5.10 Å². The van der Waals surface area contributed by atoms with Crippen molar-refractivity contribution in [1.29, 1.82) is 0 Å². The fraction of sp³-hybridized carbons (Fsp3) is 0.200. The molecule has 0 aliphatic carbocycles. The molecule has 0 bridgehead atoms. The molecule has 1 heterocycles. The minimum absolute atomic E-state index is 0.167. The van der Waals surface area contributed by atoms with Crippen LogP contribution in [0.3, 0.4) is 0 Å². The van der Waals surface area contributed by atoms with E-state index in [4.69, 9.17) is 12.2 Å². The molecule has 1 aromatic heterocycles. The van der Waals surface area contributed by atoms with Crippen molar-refractivity contribution in [3.05, 3.63) is 42.2 Å². The van der Waals surface area contributed by atoms with Crippen LogP contribution in [0.15, 0.2) is 36.5 Å². The summed E-state index contributed by atoms with van der Waals surface area (Å²) in [4.78, 5) is 13.8. The molecule has 2 rings (SSSR count). The van der Waals surface area contributed by atoms with Crippen LogP contribution in [0.2, 0.25) is 0 Å². The zero-order chi connectivity index (χ0) is 14.5. The third kappa shape index (κ3) is 2.81. The summed E-state index contributed by atoms with van der Waals surface area (Å²) in [6.07, 6.45) is 6.99. The lowest BCUT2D eigenvalue weighted by Gasteiger charge is -2.16. The van der Waals surface area contributed by atoms with Gasteiger partial charge in [-0.05, 0) is 37.3 Å². The van der Waals surface area contributed by atoms with Crippen LogP contribution in [0.5, 0.6) is 0 Å². The van der Waals surface area contributed by atoms with Crippen molar-refractivity contribution in [2.24, 2.45) is 0 Å². The molecule has 0 aliphatic rings. The lowest BCUT2D eigenvalue weighted by molar-refractivity contribution is 0.0778. The maximum absolute atomic E-state index is 12.2. The molecule has 5 nitrogen and oxygen atoms in total. The van der Waals surface area contributed by atoms with Crippen molar-refractivity contribution in [2.45, 2.75) is 6.92 Å². The third-order valence-electron chi connectivity index (χ3n) is 2.92. The van der Waals surface area contributed by atoms with Gasteiger partial charge < -0.3 is 10.6 Å². The minimum Gasteiger partial charge on any atom is -0.399 e. The number of carbonyl (C=O) groups is 1. The molecule has 0 fully saturated rings. The number of rotatable bonds is 4. The van der Waals surface area contributed by atoms with Crippen LogP contribution in [0, 0.1) is 12.3 Å². The quantitative estimate of drug-likeness (QED) is 0.676. The molecule has 2 aromatic rings. The summed E-state index contributed by atoms with van der Waals surface area (Å²) >= 11 is 0. The van der Waals surface area contributed by atoms with Crippen molar-refractivity contribution in [2.75, 3.05) is 18.8 Å². The Morgan fingerprint density at radius 2 is 2.10 bits per heavy atom. The van der Waals surface area contributed by atoms with E-state index in [0.29, 0.717) is 17.9 Å². The molecule has 2 N–H and O–H groups in total. The zero-order valence-electron chi connectivity index (χ0n) is 11.3. The second-order valence-electron chi connectivity index (χ2n) is 4.26. The van der Waals surface area contributed by atoms with E-state index in [-0.39, 0.29) is 12.5 Å². The van der Waals surface area contributed by atoms with Crippen LogP contribution >= 0.6 is 0 Å². The summed E-state index contributed by atoms with van der Waals surface area (Å²) in [7, 11) is 0. The first-order valence-electron chi connectivity index (χ1n) is 6.30. The molecule has 5 heteroatoms. The second-order valence-corrected chi connectivity index (χ2v) is 4.26. The molecule has 0 unspecified atom stereocenters. The average molecular weight is 268 g/mol. The van der Waals surface area contributed by atoms with Gasteiger partial charge in [0.2, 0.25) is 0 Å². The smallest absolute Gasteiger partial charge is 0.275 e. The van der Waals surface area contributed by atoms with Crippen LogP contribution in [0.25, 0.3) is 5.69 Å². The van der Waals surface area contributed by atoms with Crippen molar-refractivity contribution >= 4 is 11.6 Å².